The lowest BCUT2D eigenvalue weighted by atomic mass is 9.83. The minimum Gasteiger partial charge on any atom is -0.530 e. The van der Waals surface area contributed by atoms with Gasteiger partial charge in [0.05, 0.1) is 30.9 Å². The molecule has 3 aromatic rings. The lowest BCUT2D eigenvalue weighted by Gasteiger charge is -2.42. The highest BCUT2D eigenvalue weighted by atomic mass is 16.6. The topological polar surface area (TPSA) is 184 Å². The van der Waals surface area contributed by atoms with Crippen LogP contribution in [0.4, 0.5) is 9.59 Å². The van der Waals surface area contributed by atoms with Crippen molar-refractivity contribution in [1.29, 1.82) is 0 Å². The molecule has 1 unspecified atom stereocenters. The quantitative estimate of drug-likeness (QED) is 0.116. The van der Waals surface area contributed by atoms with Gasteiger partial charge in [-0.25, -0.2) is 4.79 Å². The zero-order valence-corrected chi connectivity index (χ0v) is 30.1. The summed E-state index contributed by atoms with van der Waals surface area (Å²) in [6.45, 7) is 7.66. The van der Waals surface area contributed by atoms with E-state index in [1.807, 2.05) is 60.7 Å². The first-order chi connectivity index (χ1) is 24.1. The Labute approximate surface area is 300 Å². The van der Waals surface area contributed by atoms with E-state index in [9.17, 15) is 34.8 Å². The fourth-order valence-corrected chi connectivity index (χ4v) is 5.73. The maximum absolute atomic E-state index is 14.1. The molecule has 0 aliphatic carbocycles. The van der Waals surface area contributed by atoms with Crippen LogP contribution in [0.25, 0.3) is 0 Å². The van der Waals surface area contributed by atoms with E-state index in [1.54, 1.807) is 65.0 Å². The van der Waals surface area contributed by atoms with Crippen molar-refractivity contribution in [3.05, 3.63) is 108 Å². The van der Waals surface area contributed by atoms with Crippen molar-refractivity contribution in [2.24, 2.45) is 5.41 Å². The lowest BCUT2D eigenvalue weighted by Crippen LogP contribution is -2.62. The Morgan fingerprint density at radius 2 is 1.16 bits per heavy atom. The molecule has 6 N–H and O–H groups in total. The number of benzene rings is 3. The molecule has 3 rings (SSSR count). The van der Waals surface area contributed by atoms with Gasteiger partial charge in [0.25, 0.3) is 0 Å². The molecule has 0 aromatic heterocycles. The van der Waals surface area contributed by atoms with Gasteiger partial charge in [0.15, 0.2) is 0 Å². The Morgan fingerprint density at radius 3 is 1.57 bits per heavy atom. The van der Waals surface area contributed by atoms with Crippen LogP contribution in [0.1, 0.15) is 51.3 Å². The number of nitrogens with one attached hydrogen (secondary N) is 3. The Bertz CT molecular complexity index is 1500. The average Bonchev–Trinajstić information content (AvgIpc) is 3.07. The van der Waals surface area contributed by atoms with Gasteiger partial charge in [-0.05, 0) is 50.3 Å². The zero-order valence-electron chi connectivity index (χ0n) is 30.1. The van der Waals surface area contributed by atoms with Gasteiger partial charge >= 0.3 is 6.09 Å². The molecule has 0 bridgehead atoms. The number of carbonyl (C=O) groups excluding carboxylic acids is 3. The maximum Gasteiger partial charge on any atom is 0.407 e. The second kappa shape index (κ2) is 19.2. The number of amides is 3. The molecule has 12 nitrogen and oxygen atoms in total. The van der Waals surface area contributed by atoms with E-state index in [0.29, 0.717) is 12.0 Å². The van der Waals surface area contributed by atoms with E-state index in [-0.39, 0.29) is 26.1 Å². The Kier molecular flexibility index (Phi) is 15.4. The number of alkyl carbamates (subject to hydrolysis) is 1. The van der Waals surface area contributed by atoms with Gasteiger partial charge in [0.1, 0.15) is 17.7 Å². The number of carboxylic acid groups (broad SMARTS) is 1. The number of ether oxygens (including phenoxy) is 1. The van der Waals surface area contributed by atoms with E-state index in [4.69, 9.17) is 4.74 Å². The summed E-state index contributed by atoms with van der Waals surface area (Å²) in [6, 6.07) is 24.3. The summed E-state index contributed by atoms with van der Waals surface area (Å²) in [6.07, 6.45) is -4.02. The van der Waals surface area contributed by atoms with Gasteiger partial charge in [-0.3, -0.25) is 4.79 Å². The van der Waals surface area contributed by atoms with Gasteiger partial charge in [-0.1, -0.05) is 105 Å². The van der Waals surface area contributed by atoms with Crippen molar-refractivity contribution in [3.63, 3.8) is 0 Å². The van der Waals surface area contributed by atoms with Crippen LogP contribution < -0.4 is 21.1 Å². The summed E-state index contributed by atoms with van der Waals surface area (Å²) in [5.41, 5.74) is 0.367. The van der Waals surface area contributed by atoms with E-state index in [1.165, 1.54) is 0 Å². The fourth-order valence-electron chi connectivity index (χ4n) is 5.73. The van der Waals surface area contributed by atoms with Gasteiger partial charge in [-0.15, -0.1) is 0 Å². The molecule has 0 fully saturated rings. The first-order valence-electron chi connectivity index (χ1n) is 17.2. The largest absolute Gasteiger partial charge is 0.530 e. The van der Waals surface area contributed by atoms with Crippen molar-refractivity contribution in [1.82, 2.24) is 20.9 Å². The molecule has 278 valence electrons. The van der Waals surface area contributed by atoms with Gasteiger partial charge in [-0.2, -0.15) is 0 Å². The van der Waals surface area contributed by atoms with Crippen molar-refractivity contribution in [3.8, 4) is 0 Å². The predicted molar refractivity (Wildman–Crippen MR) is 192 cm³/mol. The molecule has 0 saturated heterocycles. The minimum absolute atomic E-state index is 0.0218. The summed E-state index contributed by atoms with van der Waals surface area (Å²) >= 11 is 0. The van der Waals surface area contributed by atoms with Crippen molar-refractivity contribution >= 4 is 18.1 Å². The average molecular weight is 706 g/mol. The van der Waals surface area contributed by atoms with Crippen LogP contribution in [0.2, 0.25) is 0 Å². The molecule has 3 amide bonds. The standard InChI is InChI=1S/C39H54N4O8/c1-38(2,3)51-36(48)42-31(22-28-17-11-7-12-18-28)33(46)24-40-23-32(45)30(21-27-15-9-6-10-16-27)41-35(47)34(39(4,5)26-44)43(37(49)50)25-29-19-13-8-14-20-29/h6-20,30-34,40,44-46H,21-26H2,1-5H3,(H,41,47)(H,42,48)(H,49,50)/p-1/t30-,31-,32+,33+,34?/m0/s1. The molecule has 0 saturated carbocycles. The van der Waals surface area contributed by atoms with Crippen LogP contribution >= 0.6 is 0 Å². The molecule has 0 radical (unpaired) electrons. The highest BCUT2D eigenvalue weighted by Crippen LogP contribution is 2.27. The number of carbonyl (C=O) groups is 3. The third-order valence-corrected chi connectivity index (χ3v) is 8.40. The van der Waals surface area contributed by atoms with Crippen LogP contribution in [0.3, 0.4) is 0 Å². The zero-order chi connectivity index (χ0) is 37.6. The Hall–Kier alpha value is -4.49. The molecule has 12 heteroatoms. The minimum atomic E-state index is -1.58. The summed E-state index contributed by atoms with van der Waals surface area (Å²) in [5.74, 6) is -0.710. The number of aliphatic hydroxyl groups is 3. The van der Waals surface area contributed by atoms with Crippen molar-refractivity contribution in [2.75, 3.05) is 19.7 Å². The van der Waals surface area contributed by atoms with Crippen molar-refractivity contribution < 1.29 is 39.5 Å². The van der Waals surface area contributed by atoms with E-state index >= 15 is 0 Å². The highest BCUT2D eigenvalue weighted by molar-refractivity contribution is 5.86. The van der Waals surface area contributed by atoms with Crippen LogP contribution in [-0.4, -0.2) is 93.9 Å². The Morgan fingerprint density at radius 1 is 0.725 bits per heavy atom. The molecule has 51 heavy (non-hydrogen) atoms. The SMILES string of the molecule is CC(C)(C)OC(=O)N[C@@H](Cc1ccccc1)[C@H](O)CNC[C@@H](O)[C@H](Cc1ccccc1)NC(=O)C(N(Cc1ccccc1)C(=O)[O-])C(C)(C)CO. The second-order valence-electron chi connectivity index (χ2n) is 14.5. The first-order valence-corrected chi connectivity index (χ1v) is 17.2. The first kappa shape index (κ1) is 40.9. The number of hydrogen-bond acceptors (Lipinski definition) is 9. The monoisotopic (exact) mass is 705 g/mol. The summed E-state index contributed by atoms with van der Waals surface area (Å²) in [5, 5.41) is 54.1. The molecule has 0 aliphatic heterocycles. The molecular weight excluding hydrogens is 652 g/mol. The van der Waals surface area contributed by atoms with Crippen LogP contribution in [-0.2, 0) is 28.9 Å². The molecule has 0 heterocycles. The normalized spacial score (nSPS) is 14.7. The maximum atomic E-state index is 14.1. The third-order valence-electron chi connectivity index (χ3n) is 8.40. The number of rotatable bonds is 18. The lowest BCUT2D eigenvalue weighted by molar-refractivity contribution is -0.270. The smallest absolute Gasteiger partial charge is 0.407 e. The molecule has 5 atom stereocenters. The number of nitrogens with zero attached hydrogens (tertiary/aromatic N) is 1. The summed E-state index contributed by atoms with van der Waals surface area (Å²) in [4.78, 5) is 40.1. The van der Waals surface area contributed by atoms with Gasteiger partial charge < -0.3 is 50.8 Å². The van der Waals surface area contributed by atoms with Crippen LogP contribution in [0.15, 0.2) is 91.0 Å². The third kappa shape index (κ3) is 13.6. The summed E-state index contributed by atoms with van der Waals surface area (Å²) in [7, 11) is 0. The molecular formula is C39H53N4O8-. The van der Waals surface area contributed by atoms with Gasteiger partial charge in [0.2, 0.25) is 5.91 Å². The van der Waals surface area contributed by atoms with E-state index < -0.39 is 66.1 Å². The molecule has 0 spiro atoms. The number of hydrogen-bond donors (Lipinski definition) is 6. The van der Waals surface area contributed by atoms with Crippen LogP contribution in [0.5, 0.6) is 0 Å². The number of aliphatic hydroxyl groups excluding tert-OH is 3. The van der Waals surface area contributed by atoms with Gasteiger partial charge in [0, 0.05) is 25.0 Å². The van der Waals surface area contributed by atoms with E-state index in [0.717, 1.165) is 16.0 Å². The van der Waals surface area contributed by atoms with E-state index in [2.05, 4.69) is 16.0 Å². The second-order valence-corrected chi connectivity index (χ2v) is 14.5. The predicted octanol–water partition coefficient (Wildman–Crippen LogP) is 2.39. The molecule has 0 aliphatic rings. The highest BCUT2D eigenvalue weighted by Gasteiger charge is 2.41. The van der Waals surface area contributed by atoms with Crippen molar-refractivity contribution in [2.45, 2.75) is 89.9 Å². The molecule has 3 aromatic carbocycles. The summed E-state index contributed by atoms with van der Waals surface area (Å²) < 4.78 is 5.42. The Balaban J connectivity index is 1.79. The fraction of sp³-hybridized carbons (Fsp3) is 0.462. The van der Waals surface area contributed by atoms with Crippen LogP contribution in [0, 0.1) is 5.41 Å².